The quantitative estimate of drug-likeness (QED) is 0.858. The number of hydrogen-bond donors (Lipinski definition) is 2. The number of benzene rings is 1. The van der Waals surface area contributed by atoms with Gasteiger partial charge in [0, 0.05) is 18.2 Å². The SMILES string of the molecule is CCc1c(C(=O)NCC(C)CO)cnn1-c1cccc(Cl)c1. The third kappa shape index (κ3) is 3.67. The molecule has 2 aromatic rings. The smallest absolute Gasteiger partial charge is 0.254 e. The number of carbonyl (C=O) groups is 1. The maximum Gasteiger partial charge on any atom is 0.254 e. The predicted octanol–water partition coefficient (Wildman–Crippen LogP) is 2.45. The van der Waals surface area contributed by atoms with E-state index in [-0.39, 0.29) is 18.4 Å². The minimum absolute atomic E-state index is 0.0250. The molecule has 0 saturated carbocycles. The van der Waals surface area contributed by atoms with Crippen molar-refractivity contribution < 1.29 is 9.90 Å². The molecule has 0 fully saturated rings. The highest BCUT2D eigenvalue weighted by molar-refractivity contribution is 6.30. The zero-order valence-corrected chi connectivity index (χ0v) is 13.5. The summed E-state index contributed by atoms with van der Waals surface area (Å²) in [5.74, 6) is -0.151. The molecule has 2 rings (SSSR count). The average molecular weight is 322 g/mol. The van der Waals surface area contributed by atoms with Crippen molar-refractivity contribution in [1.82, 2.24) is 15.1 Å². The number of halogens is 1. The average Bonchev–Trinajstić information content (AvgIpc) is 2.96. The zero-order valence-electron chi connectivity index (χ0n) is 12.7. The monoisotopic (exact) mass is 321 g/mol. The first-order valence-electron chi connectivity index (χ1n) is 7.28. The topological polar surface area (TPSA) is 67.2 Å². The van der Waals surface area contributed by atoms with Crippen LogP contribution in [0.3, 0.4) is 0 Å². The van der Waals surface area contributed by atoms with Gasteiger partial charge in [-0.3, -0.25) is 4.79 Å². The van der Waals surface area contributed by atoms with E-state index in [4.69, 9.17) is 16.7 Å². The zero-order chi connectivity index (χ0) is 16.1. The van der Waals surface area contributed by atoms with E-state index in [0.717, 1.165) is 11.4 Å². The number of carbonyl (C=O) groups excluding carboxylic acids is 1. The molecular weight excluding hydrogens is 302 g/mol. The number of amides is 1. The molecular formula is C16H20ClN3O2. The summed E-state index contributed by atoms with van der Waals surface area (Å²) >= 11 is 6.02. The van der Waals surface area contributed by atoms with Crippen molar-refractivity contribution in [2.24, 2.45) is 5.92 Å². The summed E-state index contributed by atoms with van der Waals surface area (Å²) in [6.45, 7) is 4.32. The van der Waals surface area contributed by atoms with Crippen LogP contribution in [0.5, 0.6) is 0 Å². The van der Waals surface area contributed by atoms with E-state index >= 15 is 0 Å². The van der Waals surface area contributed by atoms with Crippen LogP contribution in [0.4, 0.5) is 0 Å². The lowest BCUT2D eigenvalue weighted by molar-refractivity contribution is 0.0941. The van der Waals surface area contributed by atoms with Crippen LogP contribution in [-0.2, 0) is 6.42 Å². The first-order valence-corrected chi connectivity index (χ1v) is 7.66. The Kier molecular flexibility index (Phi) is 5.57. The van der Waals surface area contributed by atoms with Gasteiger partial charge in [0.05, 0.1) is 23.1 Å². The van der Waals surface area contributed by atoms with Gasteiger partial charge in [0.25, 0.3) is 5.91 Å². The summed E-state index contributed by atoms with van der Waals surface area (Å²) in [6.07, 6.45) is 2.24. The Balaban J connectivity index is 2.26. The minimum Gasteiger partial charge on any atom is -0.396 e. The number of aromatic nitrogens is 2. The lowest BCUT2D eigenvalue weighted by Crippen LogP contribution is -2.30. The lowest BCUT2D eigenvalue weighted by atomic mass is 10.1. The lowest BCUT2D eigenvalue weighted by Gasteiger charge is -2.11. The Bertz CT molecular complexity index is 655. The number of aliphatic hydroxyl groups is 1. The molecule has 1 amide bonds. The molecule has 2 N–H and O–H groups in total. The molecule has 0 saturated heterocycles. The summed E-state index contributed by atoms with van der Waals surface area (Å²) in [6, 6.07) is 7.35. The molecule has 6 heteroatoms. The van der Waals surface area contributed by atoms with E-state index in [9.17, 15) is 4.79 Å². The third-order valence-corrected chi connectivity index (χ3v) is 3.66. The van der Waals surface area contributed by atoms with E-state index in [0.29, 0.717) is 23.6 Å². The number of nitrogens with zero attached hydrogens (tertiary/aromatic N) is 2. The first kappa shape index (κ1) is 16.5. The molecule has 1 aromatic heterocycles. The molecule has 0 aliphatic heterocycles. The van der Waals surface area contributed by atoms with Crippen LogP contribution in [-0.4, -0.2) is 33.9 Å². The van der Waals surface area contributed by atoms with Crippen molar-refractivity contribution in [1.29, 1.82) is 0 Å². The van der Waals surface area contributed by atoms with Crippen molar-refractivity contribution in [2.45, 2.75) is 20.3 Å². The van der Waals surface area contributed by atoms with Crippen molar-refractivity contribution in [3.05, 3.63) is 46.7 Å². The van der Waals surface area contributed by atoms with Gasteiger partial charge in [-0.05, 0) is 30.5 Å². The summed E-state index contributed by atoms with van der Waals surface area (Å²) in [4.78, 5) is 12.3. The number of rotatable bonds is 6. The second-order valence-corrected chi connectivity index (χ2v) is 5.68. The van der Waals surface area contributed by atoms with Gasteiger partial charge in [0.1, 0.15) is 0 Å². The summed E-state index contributed by atoms with van der Waals surface area (Å²) < 4.78 is 1.73. The van der Waals surface area contributed by atoms with Crippen LogP contribution in [0.15, 0.2) is 30.5 Å². The Morgan fingerprint density at radius 1 is 1.50 bits per heavy atom. The fourth-order valence-corrected chi connectivity index (χ4v) is 2.35. The van der Waals surface area contributed by atoms with Crippen molar-refractivity contribution in [2.75, 3.05) is 13.2 Å². The van der Waals surface area contributed by atoms with Gasteiger partial charge in [0.15, 0.2) is 0 Å². The van der Waals surface area contributed by atoms with Crippen LogP contribution in [0.2, 0.25) is 5.02 Å². The second kappa shape index (κ2) is 7.42. The minimum atomic E-state index is -0.176. The van der Waals surface area contributed by atoms with E-state index in [1.807, 2.05) is 32.0 Å². The largest absolute Gasteiger partial charge is 0.396 e. The highest BCUT2D eigenvalue weighted by Gasteiger charge is 2.17. The maximum atomic E-state index is 12.3. The first-order chi connectivity index (χ1) is 10.6. The maximum absolute atomic E-state index is 12.3. The highest BCUT2D eigenvalue weighted by atomic mass is 35.5. The summed E-state index contributed by atoms with van der Waals surface area (Å²) in [5, 5.41) is 16.8. The van der Waals surface area contributed by atoms with E-state index in [2.05, 4.69) is 10.4 Å². The Morgan fingerprint density at radius 2 is 2.27 bits per heavy atom. The van der Waals surface area contributed by atoms with Gasteiger partial charge in [-0.1, -0.05) is 31.5 Å². The van der Waals surface area contributed by atoms with Gasteiger partial charge >= 0.3 is 0 Å². The number of hydrogen-bond acceptors (Lipinski definition) is 3. The van der Waals surface area contributed by atoms with Gasteiger partial charge < -0.3 is 10.4 Å². The Labute approximate surface area is 134 Å². The molecule has 118 valence electrons. The molecule has 0 aliphatic rings. The van der Waals surface area contributed by atoms with Crippen molar-refractivity contribution >= 4 is 17.5 Å². The summed E-state index contributed by atoms with van der Waals surface area (Å²) in [5.41, 5.74) is 2.20. The van der Waals surface area contributed by atoms with Crippen LogP contribution >= 0.6 is 11.6 Å². The normalized spacial score (nSPS) is 12.2. The fourth-order valence-electron chi connectivity index (χ4n) is 2.16. The molecule has 0 bridgehead atoms. The molecule has 0 aliphatic carbocycles. The second-order valence-electron chi connectivity index (χ2n) is 5.25. The molecule has 1 atom stereocenters. The molecule has 1 heterocycles. The molecule has 5 nitrogen and oxygen atoms in total. The van der Waals surface area contributed by atoms with Crippen LogP contribution in [0, 0.1) is 5.92 Å². The fraction of sp³-hybridized carbons (Fsp3) is 0.375. The van der Waals surface area contributed by atoms with E-state index < -0.39 is 0 Å². The number of nitrogens with one attached hydrogen (secondary N) is 1. The summed E-state index contributed by atoms with van der Waals surface area (Å²) in [7, 11) is 0. The number of aliphatic hydroxyl groups excluding tert-OH is 1. The van der Waals surface area contributed by atoms with Crippen LogP contribution < -0.4 is 5.32 Å². The third-order valence-electron chi connectivity index (χ3n) is 3.42. The van der Waals surface area contributed by atoms with E-state index in [1.54, 1.807) is 16.9 Å². The van der Waals surface area contributed by atoms with Gasteiger partial charge in [0.2, 0.25) is 0 Å². The highest BCUT2D eigenvalue weighted by Crippen LogP contribution is 2.19. The molecule has 1 aromatic carbocycles. The van der Waals surface area contributed by atoms with E-state index in [1.165, 1.54) is 0 Å². The molecule has 0 spiro atoms. The Morgan fingerprint density at radius 3 is 2.91 bits per heavy atom. The van der Waals surface area contributed by atoms with Crippen LogP contribution in [0.25, 0.3) is 5.69 Å². The van der Waals surface area contributed by atoms with Crippen molar-refractivity contribution in [3.63, 3.8) is 0 Å². The molecule has 0 radical (unpaired) electrons. The van der Waals surface area contributed by atoms with Crippen molar-refractivity contribution in [3.8, 4) is 5.69 Å². The predicted molar refractivity (Wildman–Crippen MR) is 86.5 cm³/mol. The van der Waals surface area contributed by atoms with Gasteiger partial charge in [-0.25, -0.2) is 4.68 Å². The standard InChI is InChI=1S/C16H20ClN3O2/c1-3-15-14(16(22)18-8-11(2)10-21)9-19-20(15)13-6-4-5-12(17)7-13/h4-7,9,11,21H,3,8,10H2,1-2H3,(H,18,22). The molecule has 1 unspecified atom stereocenters. The van der Waals surface area contributed by atoms with Gasteiger partial charge in [-0.15, -0.1) is 0 Å². The Hall–Kier alpha value is -1.85. The van der Waals surface area contributed by atoms with Crippen LogP contribution in [0.1, 0.15) is 29.9 Å². The van der Waals surface area contributed by atoms with Gasteiger partial charge in [-0.2, -0.15) is 5.10 Å². The molecule has 22 heavy (non-hydrogen) atoms.